The first-order valence-corrected chi connectivity index (χ1v) is 5.58. The third-order valence-electron chi connectivity index (χ3n) is 3.12. The summed E-state index contributed by atoms with van der Waals surface area (Å²) in [5, 5.41) is 3.18. The van der Waals surface area contributed by atoms with E-state index in [1.54, 1.807) is 0 Å². The van der Waals surface area contributed by atoms with Crippen molar-refractivity contribution in [3.63, 3.8) is 0 Å². The highest BCUT2D eigenvalue weighted by Crippen LogP contribution is 2.23. The molecule has 0 aromatic carbocycles. The van der Waals surface area contributed by atoms with Crippen LogP contribution in [0.2, 0.25) is 0 Å². The fraction of sp³-hybridized carbons (Fsp3) is 0.800. The molecule has 1 fully saturated rings. The molecule has 0 aliphatic heterocycles. The van der Waals surface area contributed by atoms with Gasteiger partial charge >= 0.3 is 0 Å². The van der Waals surface area contributed by atoms with E-state index in [9.17, 15) is 9.59 Å². The van der Waals surface area contributed by atoms with E-state index < -0.39 is 11.9 Å². The minimum absolute atomic E-state index is 0.00265. The SMILES string of the molecule is NC(=O)C(N)CNC1CCC(C(N)=O)CC1. The van der Waals surface area contributed by atoms with E-state index in [1.807, 2.05) is 0 Å². The number of rotatable bonds is 5. The van der Waals surface area contributed by atoms with E-state index in [4.69, 9.17) is 17.2 Å². The van der Waals surface area contributed by atoms with Crippen LogP contribution in [0.4, 0.5) is 0 Å². The lowest BCUT2D eigenvalue weighted by Gasteiger charge is -2.28. The van der Waals surface area contributed by atoms with E-state index >= 15 is 0 Å². The molecule has 1 unspecified atom stereocenters. The Morgan fingerprint density at radius 2 is 1.75 bits per heavy atom. The highest BCUT2D eigenvalue weighted by Gasteiger charge is 2.24. The number of nitrogens with one attached hydrogen (secondary N) is 1. The molecular formula is C10H20N4O2. The number of primary amides is 2. The Bertz CT molecular complexity index is 262. The summed E-state index contributed by atoms with van der Waals surface area (Å²) in [6.07, 6.45) is 3.38. The number of hydrogen-bond donors (Lipinski definition) is 4. The summed E-state index contributed by atoms with van der Waals surface area (Å²) in [6.45, 7) is 0.390. The van der Waals surface area contributed by atoms with Gasteiger partial charge in [-0.25, -0.2) is 0 Å². The van der Waals surface area contributed by atoms with Crippen molar-refractivity contribution in [2.75, 3.05) is 6.54 Å². The molecule has 0 radical (unpaired) electrons. The van der Waals surface area contributed by atoms with E-state index in [1.165, 1.54) is 0 Å². The minimum atomic E-state index is -0.645. The Morgan fingerprint density at radius 3 is 2.19 bits per heavy atom. The van der Waals surface area contributed by atoms with Crippen molar-refractivity contribution >= 4 is 11.8 Å². The number of hydrogen-bond acceptors (Lipinski definition) is 4. The quantitative estimate of drug-likeness (QED) is 0.454. The van der Waals surface area contributed by atoms with Gasteiger partial charge in [-0.3, -0.25) is 9.59 Å². The molecule has 7 N–H and O–H groups in total. The van der Waals surface area contributed by atoms with Gasteiger partial charge in [-0.15, -0.1) is 0 Å². The molecule has 1 saturated carbocycles. The van der Waals surface area contributed by atoms with Gasteiger partial charge < -0.3 is 22.5 Å². The zero-order valence-corrected chi connectivity index (χ0v) is 9.32. The third-order valence-corrected chi connectivity index (χ3v) is 3.12. The first kappa shape index (κ1) is 12.9. The minimum Gasteiger partial charge on any atom is -0.369 e. The lowest BCUT2D eigenvalue weighted by molar-refractivity contribution is -0.122. The molecule has 0 bridgehead atoms. The maximum atomic E-state index is 10.9. The van der Waals surface area contributed by atoms with Gasteiger partial charge in [-0.2, -0.15) is 0 Å². The highest BCUT2D eigenvalue weighted by molar-refractivity contribution is 5.79. The topological polar surface area (TPSA) is 124 Å². The summed E-state index contributed by atoms with van der Waals surface area (Å²) in [5.74, 6) is -0.714. The summed E-state index contributed by atoms with van der Waals surface area (Å²) in [5.41, 5.74) is 15.8. The lowest BCUT2D eigenvalue weighted by atomic mass is 9.85. The number of amides is 2. The third kappa shape index (κ3) is 3.79. The van der Waals surface area contributed by atoms with Crippen LogP contribution in [0.15, 0.2) is 0 Å². The van der Waals surface area contributed by atoms with Crippen molar-refractivity contribution in [3.05, 3.63) is 0 Å². The highest BCUT2D eigenvalue weighted by atomic mass is 16.1. The summed E-state index contributed by atoms with van der Waals surface area (Å²) in [4.78, 5) is 21.6. The van der Waals surface area contributed by atoms with Crippen LogP contribution in [0, 0.1) is 5.92 Å². The normalized spacial score (nSPS) is 27.3. The van der Waals surface area contributed by atoms with Gasteiger partial charge in [-0.1, -0.05) is 0 Å². The summed E-state index contributed by atoms with van der Waals surface area (Å²) in [6, 6.07) is -0.338. The predicted molar refractivity (Wildman–Crippen MR) is 60.1 cm³/mol. The molecule has 1 rings (SSSR count). The molecular weight excluding hydrogens is 208 g/mol. The largest absolute Gasteiger partial charge is 0.369 e. The molecule has 0 spiro atoms. The molecule has 92 valence electrons. The van der Waals surface area contributed by atoms with Gasteiger partial charge in [0.15, 0.2) is 0 Å². The second kappa shape index (κ2) is 5.81. The summed E-state index contributed by atoms with van der Waals surface area (Å²) >= 11 is 0. The number of carbonyl (C=O) groups excluding carboxylic acids is 2. The molecule has 0 aromatic rings. The van der Waals surface area contributed by atoms with Crippen molar-refractivity contribution in [2.24, 2.45) is 23.1 Å². The van der Waals surface area contributed by atoms with Gasteiger partial charge in [0.05, 0.1) is 6.04 Å². The van der Waals surface area contributed by atoms with E-state index in [-0.39, 0.29) is 11.8 Å². The van der Waals surface area contributed by atoms with E-state index in [2.05, 4.69) is 5.32 Å². The zero-order chi connectivity index (χ0) is 12.1. The molecule has 1 aliphatic carbocycles. The van der Waals surface area contributed by atoms with Gasteiger partial charge in [0.2, 0.25) is 11.8 Å². The van der Waals surface area contributed by atoms with Gasteiger partial charge in [0, 0.05) is 18.5 Å². The smallest absolute Gasteiger partial charge is 0.235 e. The molecule has 6 heteroatoms. The van der Waals surface area contributed by atoms with E-state index in [0.717, 1.165) is 25.7 Å². The van der Waals surface area contributed by atoms with Crippen LogP contribution in [-0.2, 0) is 9.59 Å². The Hall–Kier alpha value is -1.14. The van der Waals surface area contributed by atoms with Crippen LogP contribution in [0.5, 0.6) is 0 Å². The van der Waals surface area contributed by atoms with Crippen molar-refractivity contribution in [3.8, 4) is 0 Å². The van der Waals surface area contributed by atoms with Crippen LogP contribution >= 0.6 is 0 Å². The molecule has 0 heterocycles. The summed E-state index contributed by atoms with van der Waals surface area (Å²) in [7, 11) is 0. The standard InChI is InChI=1S/C10H20N4O2/c11-8(10(13)16)5-14-7-3-1-6(2-4-7)9(12)15/h6-8,14H,1-5,11H2,(H2,12,15)(H2,13,16). The van der Waals surface area contributed by atoms with E-state index in [0.29, 0.717) is 12.6 Å². The van der Waals surface area contributed by atoms with Crippen molar-refractivity contribution in [1.82, 2.24) is 5.32 Å². The molecule has 0 saturated heterocycles. The Balaban J connectivity index is 2.22. The first-order valence-electron chi connectivity index (χ1n) is 5.58. The van der Waals surface area contributed by atoms with Crippen LogP contribution in [0.1, 0.15) is 25.7 Å². The van der Waals surface area contributed by atoms with Crippen LogP contribution < -0.4 is 22.5 Å². The molecule has 1 atom stereocenters. The number of carbonyl (C=O) groups is 2. The lowest BCUT2D eigenvalue weighted by Crippen LogP contribution is -2.48. The van der Waals surface area contributed by atoms with Gasteiger partial charge in [0.1, 0.15) is 0 Å². The second-order valence-electron chi connectivity index (χ2n) is 4.37. The fourth-order valence-corrected chi connectivity index (χ4v) is 1.98. The van der Waals surface area contributed by atoms with Gasteiger partial charge in [-0.05, 0) is 25.7 Å². The Kier molecular flexibility index (Phi) is 4.70. The zero-order valence-electron chi connectivity index (χ0n) is 9.32. The van der Waals surface area contributed by atoms with Crippen molar-refractivity contribution < 1.29 is 9.59 Å². The predicted octanol–water partition coefficient (Wildman–Crippen LogP) is -1.57. The molecule has 0 aromatic heterocycles. The van der Waals surface area contributed by atoms with Crippen molar-refractivity contribution in [2.45, 2.75) is 37.8 Å². The van der Waals surface area contributed by atoms with Crippen LogP contribution in [0.3, 0.4) is 0 Å². The fourth-order valence-electron chi connectivity index (χ4n) is 1.98. The molecule has 1 aliphatic rings. The average molecular weight is 228 g/mol. The van der Waals surface area contributed by atoms with Gasteiger partial charge in [0.25, 0.3) is 0 Å². The molecule has 16 heavy (non-hydrogen) atoms. The maximum absolute atomic E-state index is 10.9. The molecule has 2 amide bonds. The Labute approximate surface area is 94.9 Å². The second-order valence-corrected chi connectivity index (χ2v) is 4.37. The number of nitrogens with two attached hydrogens (primary N) is 3. The average Bonchev–Trinajstić information content (AvgIpc) is 2.26. The van der Waals surface area contributed by atoms with Crippen LogP contribution in [0.25, 0.3) is 0 Å². The Morgan fingerprint density at radius 1 is 1.19 bits per heavy atom. The van der Waals surface area contributed by atoms with Crippen LogP contribution in [-0.4, -0.2) is 30.4 Å². The summed E-state index contributed by atoms with van der Waals surface area (Å²) < 4.78 is 0. The first-order chi connectivity index (χ1) is 7.50. The maximum Gasteiger partial charge on any atom is 0.235 e. The van der Waals surface area contributed by atoms with Crippen molar-refractivity contribution in [1.29, 1.82) is 0 Å². The molecule has 6 nitrogen and oxygen atoms in total. The monoisotopic (exact) mass is 228 g/mol.